The smallest absolute Gasteiger partial charge is 0.260 e. The molecular formula is C22H17F3N4O2. The lowest BCUT2D eigenvalue weighted by atomic mass is 10.2. The van der Waals surface area contributed by atoms with E-state index in [4.69, 9.17) is 4.52 Å². The van der Waals surface area contributed by atoms with E-state index in [1.165, 1.54) is 12.1 Å². The van der Waals surface area contributed by atoms with Crippen molar-refractivity contribution in [2.75, 3.05) is 5.32 Å². The van der Waals surface area contributed by atoms with Gasteiger partial charge in [0.05, 0.1) is 5.56 Å². The molecule has 0 spiro atoms. The van der Waals surface area contributed by atoms with Gasteiger partial charge in [0.1, 0.15) is 24.0 Å². The Morgan fingerprint density at radius 1 is 1.00 bits per heavy atom. The van der Waals surface area contributed by atoms with Crippen molar-refractivity contribution in [3.8, 4) is 22.8 Å². The fourth-order valence-corrected chi connectivity index (χ4v) is 3.28. The molecule has 0 saturated carbocycles. The Balaban J connectivity index is 1.55. The third-order valence-corrected chi connectivity index (χ3v) is 4.78. The highest BCUT2D eigenvalue weighted by atomic mass is 19.1. The first-order chi connectivity index (χ1) is 14.8. The van der Waals surface area contributed by atoms with Gasteiger partial charge in [-0.05, 0) is 56.3 Å². The van der Waals surface area contributed by atoms with Gasteiger partial charge in [-0.15, -0.1) is 0 Å². The number of carbonyl (C=O) groups is 1. The van der Waals surface area contributed by atoms with Crippen LogP contribution in [0.25, 0.3) is 22.8 Å². The molecular weight excluding hydrogens is 409 g/mol. The number of hydrogen-bond acceptors (Lipinski definition) is 4. The summed E-state index contributed by atoms with van der Waals surface area (Å²) in [5.74, 6) is -1.80. The molecule has 2 aromatic carbocycles. The first-order valence-electron chi connectivity index (χ1n) is 9.33. The van der Waals surface area contributed by atoms with Crippen molar-refractivity contribution in [3.05, 3.63) is 77.4 Å². The van der Waals surface area contributed by atoms with Crippen molar-refractivity contribution in [1.29, 1.82) is 0 Å². The van der Waals surface area contributed by atoms with Gasteiger partial charge in [0.2, 0.25) is 11.7 Å². The van der Waals surface area contributed by atoms with E-state index < -0.39 is 17.5 Å². The fraction of sp³-hybridized carbons (Fsp3) is 0.136. The molecule has 2 heterocycles. The summed E-state index contributed by atoms with van der Waals surface area (Å²) in [6.45, 7) is 3.52. The summed E-state index contributed by atoms with van der Waals surface area (Å²) in [4.78, 5) is 16.8. The van der Waals surface area contributed by atoms with Crippen LogP contribution in [0.15, 0.2) is 53.1 Å². The molecule has 0 radical (unpaired) electrons. The van der Waals surface area contributed by atoms with Crippen LogP contribution in [0, 0.1) is 31.3 Å². The Bertz CT molecular complexity index is 1240. The molecule has 4 aromatic rings. The van der Waals surface area contributed by atoms with Crippen LogP contribution in [0.1, 0.15) is 11.4 Å². The predicted octanol–water partition coefficient (Wildman–Crippen LogP) is 4.88. The molecule has 158 valence electrons. The minimum atomic E-state index is -0.778. The van der Waals surface area contributed by atoms with Crippen LogP contribution >= 0.6 is 0 Å². The highest BCUT2D eigenvalue weighted by Crippen LogP contribution is 2.28. The van der Waals surface area contributed by atoms with E-state index in [2.05, 4.69) is 15.5 Å². The Labute approximate surface area is 175 Å². The summed E-state index contributed by atoms with van der Waals surface area (Å²) < 4.78 is 46.9. The number of nitrogens with zero attached hydrogens (tertiary/aromatic N) is 3. The van der Waals surface area contributed by atoms with Crippen molar-refractivity contribution < 1.29 is 22.5 Å². The number of halogens is 3. The molecule has 31 heavy (non-hydrogen) atoms. The number of aryl methyl sites for hydroxylation is 1. The zero-order valence-corrected chi connectivity index (χ0v) is 16.6. The van der Waals surface area contributed by atoms with Crippen LogP contribution in [0.3, 0.4) is 0 Å². The van der Waals surface area contributed by atoms with Crippen LogP contribution in [0.5, 0.6) is 0 Å². The number of anilines is 1. The number of benzene rings is 2. The highest BCUT2D eigenvalue weighted by Gasteiger charge is 2.19. The van der Waals surface area contributed by atoms with Gasteiger partial charge in [0.25, 0.3) is 5.89 Å². The summed E-state index contributed by atoms with van der Waals surface area (Å²) in [7, 11) is 0. The normalized spacial score (nSPS) is 11.0. The lowest BCUT2D eigenvalue weighted by molar-refractivity contribution is -0.116. The second kappa shape index (κ2) is 8.10. The van der Waals surface area contributed by atoms with Gasteiger partial charge in [-0.1, -0.05) is 5.16 Å². The number of nitrogens with one attached hydrogen (secondary N) is 1. The van der Waals surface area contributed by atoms with E-state index in [1.54, 1.807) is 29.7 Å². The van der Waals surface area contributed by atoms with E-state index >= 15 is 0 Å². The quantitative estimate of drug-likeness (QED) is 0.494. The number of hydrogen-bond donors (Lipinski definition) is 1. The van der Waals surface area contributed by atoms with Crippen molar-refractivity contribution in [2.45, 2.75) is 20.4 Å². The summed E-state index contributed by atoms with van der Waals surface area (Å²) in [5.41, 5.74) is 2.74. The largest absolute Gasteiger partial charge is 0.339 e. The van der Waals surface area contributed by atoms with Gasteiger partial charge in [-0.25, -0.2) is 13.2 Å². The molecule has 6 nitrogen and oxygen atoms in total. The molecule has 0 aliphatic carbocycles. The second-order valence-corrected chi connectivity index (χ2v) is 7.01. The Morgan fingerprint density at radius 3 is 2.35 bits per heavy atom. The Hall–Kier alpha value is -3.88. The third-order valence-electron chi connectivity index (χ3n) is 4.78. The number of carbonyl (C=O) groups excluding carboxylic acids is 1. The zero-order valence-electron chi connectivity index (χ0n) is 16.6. The van der Waals surface area contributed by atoms with Crippen molar-refractivity contribution in [1.82, 2.24) is 14.7 Å². The molecule has 0 unspecified atom stereocenters. The first-order valence-corrected chi connectivity index (χ1v) is 9.33. The van der Waals surface area contributed by atoms with E-state index in [-0.39, 0.29) is 23.9 Å². The van der Waals surface area contributed by atoms with Crippen molar-refractivity contribution >= 4 is 11.6 Å². The first kappa shape index (κ1) is 20.4. The number of rotatable bonds is 5. The molecule has 0 aliphatic rings. The van der Waals surface area contributed by atoms with Crippen LogP contribution < -0.4 is 5.32 Å². The fourth-order valence-electron chi connectivity index (χ4n) is 3.28. The van der Waals surface area contributed by atoms with Crippen LogP contribution in [0.4, 0.5) is 18.9 Å². The molecule has 2 aromatic heterocycles. The van der Waals surface area contributed by atoms with Gasteiger partial charge >= 0.3 is 0 Å². The van der Waals surface area contributed by atoms with E-state index in [0.717, 1.165) is 23.9 Å². The second-order valence-electron chi connectivity index (χ2n) is 7.01. The van der Waals surface area contributed by atoms with E-state index in [9.17, 15) is 18.0 Å². The third kappa shape index (κ3) is 4.35. The summed E-state index contributed by atoms with van der Waals surface area (Å²) >= 11 is 0. The lowest BCUT2D eigenvalue weighted by Crippen LogP contribution is -2.20. The molecule has 0 aliphatic heterocycles. The molecule has 0 fully saturated rings. The summed E-state index contributed by atoms with van der Waals surface area (Å²) in [6.07, 6.45) is 0. The molecule has 4 rings (SSSR count). The van der Waals surface area contributed by atoms with Gasteiger partial charge in [-0.3, -0.25) is 4.79 Å². The SMILES string of the molecule is Cc1cc(-c2nc(-c3ccc(F)cc3)no2)c(C)n1CC(=O)Nc1cc(F)cc(F)c1. The van der Waals surface area contributed by atoms with Gasteiger partial charge in [-0.2, -0.15) is 4.98 Å². The van der Waals surface area contributed by atoms with E-state index in [1.807, 2.05) is 6.92 Å². The maximum atomic E-state index is 13.3. The number of aromatic nitrogens is 3. The van der Waals surface area contributed by atoms with Crippen molar-refractivity contribution in [3.63, 3.8) is 0 Å². The average Bonchev–Trinajstić information content (AvgIpc) is 3.28. The predicted molar refractivity (Wildman–Crippen MR) is 108 cm³/mol. The molecule has 1 amide bonds. The maximum absolute atomic E-state index is 13.3. The van der Waals surface area contributed by atoms with Gasteiger partial charge in [0.15, 0.2) is 0 Å². The average molecular weight is 426 g/mol. The molecule has 0 atom stereocenters. The Morgan fingerprint density at radius 2 is 1.68 bits per heavy atom. The minimum Gasteiger partial charge on any atom is -0.339 e. The molecule has 0 saturated heterocycles. The lowest BCUT2D eigenvalue weighted by Gasteiger charge is -2.10. The standard InChI is InChI=1S/C22H17F3N4O2/c1-12-7-19(22-27-21(28-31-22)14-3-5-15(23)6-4-14)13(2)29(12)11-20(30)26-18-9-16(24)8-17(25)10-18/h3-10H,11H2,1-2H3,(H,26,30). The van der Waals surface area contributed by atoms with E-state index in [0.29, 0.717) is 22.6 Å². The summed E-state index contributed by atoms with van der Waals surface area (Å²) in [6, 6.07) is 10.3. The van der Waals surface area contributed by atoms with Gasteiger partial charge in [0, 0.05) is 28.7 Å². The van der Waals surface area contributed by atoms with Crippen molar-refractivity contribution in [2.24, 2.45) is 0 Å². The molecule has 0 bridgehead atoms. The zero-order chi connectivity index (χ0) is 22.1. The monoisotopic (exact) mass is 426 g/mol. The number of amides is 1. The molecule has 1 N–H and O–H groups in total. The highest BCUT2D eigenvalue weighted by molar-refractivity contribution is 5.90. The Kier molecular flexibility index (Phi) is 5.33. The van der Waals surface area contributed by atoms with Gasteiger partial charge < -0.3 is 14.4 Å². The van der Waals surface area contributed by atoms with Crippen LogP contribution in [-0.4, -0.2) is 20.6 Å². The van der Waals surface area contributed by atoms with Crippen LogP contribution in [0.2, 0.25) is 0 Å². The van der Waals surface area contributed by atoms with Crippen LogP contribution in [-0.2, 0) is 11.3 Å². The topological polar surface area (TPSA) is 73.0 Å². The minimum absolute atomic E-state index is 0.0334. The summed E-state index contributed by atoms with van der Waals surface area (Å²) in [5, 5.41) is 6.42. The maximum Gasteiger partial charge on any atom is 0.260 e. The molecule has 9 heteroatoms.